The van der Waals surface area contributed by atoms with E-state index in [0.717, 1.165) is 23.8 Å². The molecule has 2 N–H and O–H groups in total. The van der Waals surface area contributed by atoms with Crippen molar-refractivity contribution >= 4 is 11.7 Å². The fourth-order valence-electron chi connectivity index (χ4n) is 2.86. The number of carbonyl (C=O) groups is 2. The van der Waals surface area contributed by atoms with E-state index in [4.69, 9.17) is 0 Å². The lowest BCUT2D eigenvalue weighted by atomic mass is 10.1. The summed E-state index contributed by atoms with van der Waals surface area (Å²) in [5.74, 6) is -1.51. The monoisotopic (exact) mass is 349 g/mol. The lowest BCUT2D eigenvalue weighted by Crippen LogP contribution is -2.12. The largest absolute Gasteiger partial charge is 0.505 e. The molecule has 0 fully saturated rings. The second-order valence-corrected chi connectivity index (χ2v) is 6.93. The van der Waals surface area contributed by atoms with Crippen molar-refractivity contribution < 1.29 is 19.8 Å². The molecule has 1 heterocycles. The van der Waals surface area contributed by atoms with E-state index < -0.39 is 17.6 Å². The first-order valence-corrected chi connectivity index (χ1v) is 9.18. The fourth-order valence-corrected chi connectivity index (χ4v) is 2.86. The average Bonchev–Trinajstić information content (AvgIpc) is 2.76. The maximum absolute atomic E-state index is 12.5. The van der Waals surface area contributed by atoms with Crippen LogP contribution in [0.15, 0.2) is 12.2 Å². The van der Waals surface area contributed by atoms with Crippen molar-refractivity contribution in [3.8, 4) is 11.6 Å². The molecule has 0 bridgehead atoms. The molecule has 0 saturated heterocycles. The zero-order valence-electron chi connectivity index (χ0n) is 15.8. The van der Waals surface area contributed by atoms with Crippen LogP contribution in [0.3, 0.4) is 0 Å². The Bertz CT molecular complexity index is 626. The van der Waals surface area contributed by atoms with Gasteiger partial charge < -0.3 is 10.2 Å². The van der Waals surface area contributed by atoms with E-state index in [0.29, 0.717) is 6.42 Å². The molecule has 0 atom stereocenters. The number of rotatable bonds is 10. The van der Waals surface area contributed by atoms with E-state index in [-0.39, 0.29) is 22.9 Å². The highest BCUT2D eigenvalue weighted by Gasteiger charge is 2.27. The van der Waals surface area contributed by atoms with E-state index in [1.165, 1.54) is 32.3 Å². The Kier molecular flexibility index (Phi) is 8.46. The number of allylic oxidation sites excluding steroid dienone is 2. The van der Waals surface area contributed by atoms with Gasteiger partial charge in [0.05, 0.1) is 5.69 Å². The molecule has 0 unspecified atom stereocenters. The maximum Gasteiger partial charge on any atom is 0.257 e. The van der Waals surface area contributed by atoms with Gasteiger partial charge in [0.2, 0.25) is 5.88 Å². The normalized spacial score (nSPS) is 11.6. The molecule has 1 aromatic heterocycles. The van der Waals surface area contributed by atoms with Crippen molar-refractivity contribution in [3.63, 3.8) is 0 Å². The highest BCUT2D eigenvalue weighted by atomic mass is 16.3. The number of carbonyl (C=O) groups excluding carboxylic acids is 2. The average molecular weight is 349 g/mol. The minimum Gasteiger partial charge on any atom is -0.505 e. The van der Waals surface area contributed by atoms with E-state index in [1.54, 1.807) is 6.08 Å². The number of nitrogens with zero attached hydrogens (tertiary/aromatic N) is 1. The smallest absolute Gasteiger partial charge is 0.257 e. The molecule has 25 heavy (non-hydrogen) atoms. The molecule has 5 heteroatoms. The van der Waals surface area contributed by atoms with E-state index in [9.17, 15) is 19.8 Å². The van der Waals surface area contributed by atoms with Gasteiger partial charge in [-0.05, 0) is 38.2 Å². The number of hydrogen-bond acceptors (Lipinski definition) is 4. The van der Waals surface area contributed by atoms with Crippen molar-refractivity contribution in [2.24, 2.45) is 5.92 Å². The van der Waals surface area contributed by atoms with Crippen LogP contribution in [0.1, 0.15) is 87.1 Å². The molecule has 0 aliphatic rings. The van der Waals surface area contributed by atoms with Gasteiger partial charge >= 0.3 is 0 Å². The van der Waals surface area contributed by atoms with E-state index >= 15 is 0 Å². The first-order chi connectivity index (χ1) is 11.8. The predicted molar refractivity (Wildman–Crippen MR) is 99.5 cm³/mol. The molecular formula is C20H31NO4. The SMILES string of the molecule is CCCCCCCC=CC(=O)n1c(O)c(C(C)=O)c(O)c1CC(C)C. The summed E-state index contributed by atoms with van der Waals surface area (Å²) in [7, 11) is 0. The van der Waals surface area contributed by atoms with Crippen LogP contribution in [-0.2, 0) is 6.42 Å². The summed E-state index contributed by atoms with van der Waals surface area (Å²) in [5, 5.41) is 20.5. The standard InChI is InChI=1S/C20H31NO4/c1-5-6-7-8-9-10-11-12-17(23)21-16(13-14(2)3)19(24)18(15(4)22)20(21)25/h11-12,14,24-25H,5-10,13H2,1-4H3. The maximum atomic E-state index is 12.5. The Labute approximate surface area is 150 Å². The Hall–Kier alpha value is -2.04. The van der Waals surface area contributed by atoms with Crippen LogP contribution in [-0.4, -0.2) is 26.5 Å². The van der Waals surface area contributed by atoms with Gasteiger partial charge in [-0.2, -0.15) is 0 Å². The van der Waals surface area contributed by atoms with Crippen LogP contribution in [0, 0.1) is 5.92 Å². The lowest BCUT2D eigenvalue weighted by molar-refractivity contribution is 0.0955. The van der Waals surface area contributed by atoms with Crippen LogP contribution in [0.2, 0.25) is 0 Å². The third-order valence-electron chi connectivity index (χ3n) is 4.12. The third-order valence-corrected chi connectivity index (χ3v) is 4.12. The molecule has 0 saturated carbocycles. The van der Waals surface area contributed by atoms with Crippen LogP contribution in [0.25, 0.3) is 0 Å². The van der Waals surface area contributed by atoms with Gasteiger partial charge in [-0.25, -0.2) is 4.57 Å². The third kappa shape index (κ3) is 5.76. The van der Waals surface area contributed by atoms with Gasteiger partial charge in [-0.1, -0.05) is 52.5 Å². The Balaban J connectivity index is 2.92. The van der Waals surface area contributed by atoms with Crippen molar-refractivity contribution in [2.45, 2.75) is 72.6 Å². The van der Waals surface area contributed by atoms with Gasteiger partial charge in [-0.3, -0.25) is 9.59 Å². The van der Waals surface area contributed by atoms with E-state index in [2.05, 4.69) is 6.92 Å². The first-order valence-electron chi connectivity index (χ1n) is 9.18. The number of ketones is 1. The second kappa shape index (κ2) is 10.1. The molecular weight excluding hydrogens is 318 g/mol. The van der Waals surface area contributed by atoms with Gasteiger partial charge in [0.25, 0.3) is 5.91 Å². The summed E-state index contributed by atoms with van der Waals surface area (Å²) in [6.07, 6.45) is 10.2. The number of aromatic nitrogens is 1. The quantitative estimate of drug-likeness (QED) is 0.359. The highest BCUT2D eigenvalue weighted by molar-refractivity contribution is 6.03. The summed E-state index contributed by atoms with van der Waals surface area (Å²) in [6, 6.07) is 0. The topological polar surface area (TPSA) is 79.5 Å². The molecule has 1 aromatic rings. The number of Topliss-reactive ketones (excluding diaryl/α,β-unsaturated/α-hetero) is 1. The van der Waals surface area contributed by atoms with Gasteiger partial charge in [0.1, 0.15) is 5.56 Å². The second-order valence-electron chi connectivity index (χ2n) is 6.93. The summed E-state index contributed by atoms with van der Waals surface area (Å²) in [6.45, 7) is 7.31. The molecule has 0 spiro atoms. The number of aromatic hydroxyl groups is 2. The summed E-state index contributed by atoms with van der Waals surface area (Å²) < 4.78 is 1.06. The molecule has 1 rings (SSSR count). The Morgan fingerprint density at radius 2 is 1.76 bits per heavy atom. The molecule has 140 valence electrons. The number of hydrogen-bond donors (Lipinski definition) is 2. The first kappa shape index (κ1) is 21.0. The molecule has 5 nitrogen and oxygen atoms in total. The van der Waals surface area contributed by atoms with Crippen molar-refractivity contribution in [2.75, 3.05) is 0 Å². The summed E-state index contributed by atoms with van der Waals surface area (Å²) in [5.41, 5.74) is 0.104. The van der Waals surface area contributed by atoms with Crippen molar-refractivity contribution in [3.05, 3.63) is 23.4 Å². The Morgan fingerprint density at radius 3 is 2.32 bits per heavy atom. The molecule has 0 aromatic carbocycles. The van der Waals surface area contributed by atoms with Crippen LogP contribution in [0.4, 0.5) is 0 Å². The summed E-state index contributed by atoms with van der Waals surface area (Å²) >= 11 is 0. The minimum atomic E-state index is -0.474. The van der Waals surface area contributed by atoms with Crippen molar-refractivity contribution in [1.82, 2.24) is 4.57 Å². The zero-order chi connectivity index (χ0) is 19.0. The molecule has 0 amide bonds. The van der Waals surface area contributed by atoms with Gasteiger partial charge in [0.15, 0.2) is 11.5 Å². The predicted octanol–water partition coefficient (Wildman–Crippen LogP) is 4.86. The lowest BCUT2D eigenvalue weighted by Gasteiger charge is -2.09. The van der Waals surface area contributed by atoms with Crippen LogP contribution in [0.5, 0.6) is 11.6 Å². The van der Waals surface area contributed by atoms with Crippen LogP contribution < -0.4 is 0 Å². The Morgan fingerprint density at radius 1 is 1.12 bits per heavy atom. The molecule has 0 aliphatic heterocycles. The molecule has 0 radical (unpaired) electrons. The highest BCUT2D eigenvalue weighted by Crippen LogP contribution is 2.36. The van der Waals surface area contributed by atoms with Crippen molar-refractivity contribution in [1.29, 1.82) is 0 Å². The molecule has 0 aliphatic carbocycles. The van der Waals surface area contributed by atoms with Crippen LogP contribution >= 0.6 is 0 Å². The van der Waals surface area contributed by atoms with Gasteiger partial charge in [-0.15, -0.1) is 0 Å². The van der Waals surface area contributed by atoms with Gasteiger partial charge in [0, 0.05) is 0 Å². The fraction of sp³-hybridized carbons (Fsp3) is 0.600. The zero-order valence-corrected chi connectivity index (χ0v) is 15.8. The number of unbranched alkanes of at least 4 members (excludes halogenated alkanes) is 5. The summed E-state index contributed by atoms with van der Waals surface area (Å²) in [4.78, 5) is 24.2. The minimum absolute atomic E-state index is 0.161. The van der Waals surface area contributed by atoms with E-state index in [1.807, 2.05) is 13.8 Å².